The average Bonchev–Trinajstić information content (AvgIpc) is 3.31. The maximum atomic E-state index is 12.4. The number of aryl methyl sites for hydroxylation is 1. The highest BCUT2D eigenvalue weighted by molar-refractivity contribution is 7.15. The van der Waals surface area contributed by atoms with Gasteiger partial charge in [-0.3, -0.25) is 9.78 Å². The summed E-state index contributed by atoms with van der Waals surface area (Å²) in [6, 6.07) is 3.95. The van der Waals surface area contributed by atoms with Crippen molar-refractivity contribution >= 4 is 17.2 Å². The zero-order valence-corrected chi connectivity index (χ0v) is 14.6. The summed E-state index contributed by atoms with van der Waals surface area (Å²) < 4.78 is 0. The van der Waals surface area contributed by atoms with Crippen LogP contribution in [-0.4, -0.2) is 32.4 Å². The fourth-order valence-corrected chi connectivity index (χ4v) is 4.21. The van der Waals surface area contributed by atoms with E-state index in [9.17, 15) is 4.79 Å². The van der Waals surface area contributed by atoms with Crippen LogP contribution in [0, 0.1) is 5.92 Å². The molecule has 0 aromatic carbocycles. The first kappa shape index (κ1) is 16.0. The van der Waals surface area contributed by atoms with Crippen LogP contribution in [0.3, 0.4) is 0 Å². The van der Waals surface area contributed by atoms with E-state index in [1.807, 2.05) is 12.1 Å². The number of carbonyl (C=O) groups excluding carboxylic acids is 1. The van der Waals surface area contributed by atoms with Crippen molar-refractivity contribution in [2.75, 3.05) is 6.54 Å². The van der Waals surface area contributed by atoms with Crippen molar-refractivity contribution < 1.29 is 4.79 Å². The second-order valence-corrected chi connectivity index (χ2v) is 7.23. The summed E-state index contributed by atoms with van der Waals surface area (Å²) in [5.74, 6) is 1.03. The Bertz CT molecular complexity index is 844. The van der Waals surface area contributed by atoms with Gasteiger partial charge in [-0.25, -0.2) is 9.97 Å². The van der Waals surface area contributed by atoms with Crippen molar-refractivity contribution in [3.8, 4) is 10.6 Å². The van der Waals surface area contributed by atoms with Crippen LogP contribution < -0.4 is 5.32 Å². The molecule has 3 heterocycles. The molecule has 0 spiro atoms. The van der Waals surface area contributed by atoms with Crippen LogP contribution in [0.5, 0.6) is 0 Å². The zero-order valence-electron chi connectivity index (χ0n) is 13.7. The SMILES string of the molecule is O=C(NCCc1ncc[nH]1)C1CCc2sc(-c3ccncc3)nc2C1. The van der Waals surface area contributed by atoms with E-state index in [1.165, 1.54) is 4.88 Å². The molecule has 1 amide bonds. The number of aromatic nitrogens is 4. The highest BCUT2D eigenvalue weighted by Gasteiger charge is 2.27. The molecule has 1 aliphatic rings. The molecule has 7 heteroatoms. The number of rotatable bonds is 5. The minimum Gasteiger partial charge on any atom is -0.355 e. The van der Waals surface area contributed by atoms with E-state index in [4.69, 9.17) is 4.98 Å². The molecule has 0 radical (unpaired) electrons. The first-order valence-corrected chi connectivity index (χ1v) is 9.26. The van der Waals surface area contributed by atoms with Crippen LogP contribution in [0.2, 0.25) is 0 Å². The van der Waals surface area contributed by atoms with Gasteiger partial charge < -0.3 is 10.3 Å². The molecule has 1 unspecified atom stereocenters. The molecule has 0 fully saturated rings. The monoisotopic (exact) mass is 353 g/mol. The third-order valence-electron chi connectivity index (χ3n) is 4.45. The highest BCUT2D eigenvalue weighted by atomic mass is 32.1. The average molecular weight is 353 g/mol. The molecule has 4 rings (SSSR count). The Morgan fingerprint density at radius 1 is 1.32 bits per heavy atom. The molecule has 0 aliphatic heterocycles. The number of nitrogens with zero attached hydrogens (tertiary/aromatic N) is 3. The predicted octanol–water partition coefficient (Wildman–Crippen LogP) is 2.39. The van der Waals surface area contributed by atoms with Gasteiger partial charge in [0.15, 0.2) is 0 Å². The zero-order chi connectivity index (χ0) is 17.1. The molecular formula is C18H19N5OS. The number of H-pyrrole nitrogens is 1. The Balaban J connectivity index is 1.37. The van der Waals surface area contributed by atoms with Crippen molar-refractivity contribution in [3.05, 3.63) is 53.3 Å². The summed E-state index contributed by atoms with van der Waals surface area (Å²) in [7, 11) is 0. The Kier molecular flexibility index (Phi) is 4.56. The van der Waals surface area contributed by atoms with Gasteiger partial charge in [0.2, 0.25) is 5.91 Å². The van der Waals surface area contributed by atoms with Crippen LogP contribution in [-0.2, 0) is 24.1 Å². The molecular weight excluding hydrogens is 334 g/mol. The Labute approximate surface area is 149 Å². The molecule has 6 nitrogen and oxygen atoms in total. The largest absolute Gasteiger partial charge is 0.355 e. The third-order valence-corrected chi connectivity index (χ3v) is 5.66. The molecule has 3 aromatic heterocycles. The second kappa shape index (κ2) is 7.14. The lowest BCUT2D eigenvalue weighted by Gasteiger charge is -2.20. The maximum absolute atomic E-state index is 12.4. The normalized spacial score (nSPS) is 16.4. The fraction of sp³-hybridized carbons (Fsp3) is 0.333. The van der Waals surface area contributed by atoms with E-state index in [-0.39, 0.29) is 11.8 Å². The van der Waals surface area contributed by atoms with Gasteiger partial charge in [-0.2, -0.15) is 0 Å². The lowest BCUT2D eigenvalue weighted by Crippen LogP contribution is -2.35. The number of fused-ring (bicyclic) bond motifs is 1. The van der Waals surface area contributed by atoms with Gasteiger partial charge in [-0.15, -0.1) is 11.3 Å². The minimum absolute atomic E-state index is 0.0106. The van der Waals surface area contributed by atoms with Gasteiger partial charge in [-0.05, 0) is 25.0 Å². The summed E-state index contributed by atoms with van der Waals surface area (Å²) in [5, 5.41) is 4.05. The molecule has 3 aromatic rings. The fourth-order valence-electron chi connectivity index (χ4n) is 3.10. The number of hydrogen-bond acceptors (Lipinski definition) is 5. The van der Waals surface area contributed by atoms with E-state index < -0.39 is 0 Å². The smallest absolute Gasteiger partial charge is 0.223 e. The summed E-state index contributed by atoms with van der Waals surface area (Å²) in [4.78, 5) is 29.8. The first-order valence-electron chi connectivity index (χ1n) is 8.44. The molecule has 0 saturated carbocycles. The number of thiazole rings is 1. The molecule has 25 heavy (non-hydrogen) atoms. The third kappa shape index (κ3) is 3.61. The van der Waals surface area contributed by atoms with Crippen molar-refractivity contribution in [2.45, 2.75) is 25.7 Å². The first-order chi connectivity index (χ1) is 12.3. The van der Waals surface area contributed by atoms with Crippen molar-refractivity contribution in [1.82, 2.24) is 25.3 Å². The number of hydrogen-bond donors (Lipinski definition) is 2. The quantitative estimate of drug-likeness (QED) is 0.738. The summed E-state index contributed by atoms with van der Waals surface area (Å²) >= 11 is 1.74. The number of aromatic amines is 1. The van der Waals surface area contributed by atoms with Crippen LogP contribution in [0.15, 0.2) is 36.9 Å². The van der Waals surface area contributed by atoms with E-state index >= 15 is 0 Å². The van der Waals surface area contributed by atoms with Crippen LogP contribution in [0.4, 0.5) is 0 Å². The van der Waals surface area contributed by atoms with Gasteiger partial charge in [0.1, 0.15) is 10.8 Å². The minimum atomic E-state index is 0.0106. The number of nitrogens with one attached hydrogen (secondary N) is 2. The van der Waals surface area contributed by atoms with Crippen LogP contribution >= 0.6 is 11.3 Å². The second-order valence-electron chi connectivity index (χ2n) is 6.14. The standard InChI is InChI=1S/C18H19N5OS/c24-17(22-8-5-16-20-9-10-21-16)13-1-2-15-14(11-13)23-18(25-15)12-3-6-19-7-4-12/h3-4,6-7,9-10,13H,1-2,5,8,11H2,(H,20,21)(H,22,24). The van der Waals surface area contributed by atoms with Gasteiger partial charge in [0.25, 0.3) is 0 Å². The van der Waals surface area contributed by atoms with E-state index in [1.54, 1.807) is 36.1 Å². The summed E-state index contributed by atoms with van der Waals surface area (Å²) in [5.41, 5.74) is 2.17. The van der Waals surface area contributed by atoms with Gasteiger partial charge in [-0.1, -0.05) is 0 Å². The van der Waals surface area contributed by atoms with Gasteiger partial charge in [0.05, 0.1) is 5.69 Å². The lowest BCUT2D eigenvalue weighted by atomic mass is 9.90. The maximum Gasteiger partial charge on any atom is 0.223 e. The topological polar surface area (TPSA) is 83.6 Å². The van der Waals surface area contributed by atoms with Crippen molar-refractivity contribution in [3.63, 3.8) is 0 Å². The summed E-state index contributed by atoms with van der Waals surface area (Å²) in [6.07, 6.45) is 10.3. The number of amides is 1. The lowest BCUT2D eigenvalue weighted by molar-refractivity contribution is -0.125. The number of pyridine rings is 1. The van der Waals surface area contributed by atoms with Crippen LogP contribution in [0.1, 0.15) is 22.8 Å². The Morgan fingerprint density at radius 2 is 2.20 bits per heavy atom. The van der Waals surface area contributed by atoms with Crippen molar-refractivity contribution in [2.24, 2.45) is 5.92 Å². The van der Waals surface area contributed by atoms with E-state index in [0.717, 1.165) is 47.8 Å². The van der Waals surface area contributed by atoms with Crippen LogP contribution in [0.25, 0.3) is 10.6 Å². The Hall–Kier alpha value is -2.54. The molecule has 0 saturated heterocycles. The number of carbonyl (C=O) groups is 1. The molecule has 0 bridgehead atoms. The van der Waals surface area contributed by atoms with E-state index in [0.29, 0.717) is 6.54 Å². The van der Waals surface area contributed by atoms with Gasteiger partial charge in [0, 0.05) is 60.5 Å². The molecule has 1 aliphatic carbocycles. The summed E-state index contributed by atoms with van der Waals surface area (Å²) in [6.45, 7) is 0.606. The molecule has 1 atom stereocenters. The predicted molar refractivity (Wildman–Crippen MR) is 96.2 cm³/mol. The van der Waals surface area contributed by atoms with Crippen molar-refractivity contribution in [1.29, 1.82) is 0 Å². The highest BCUT2D eigenvalue weighted by Crippen LogP contribution is 2.34. The Morgan fingerprint density at radius 3 is 3.00 bits per heavy atom. The van der Waals surface area contributed by atoms with E-state index in [2.05, 4.69) is 20.3 Å². The van der Waals surface area contributed by atoms with Gasteiger partial charge >= 0.3 is 0 Å². The number of imidazole rings is 1. The molecule has 2 N–H and O–H groups in total. The molecule has 128 valence electrons.